The maximum Gasteiger partial charge on any atom is 0.235 e. The standard InChI is InChI=1S/C5H10N4O3S/c1-2-13(10,11)9-3-5(4-12-9)7-8-6/h5H,2-4H2,1H3/t5-/m1/s1. The highest BCUT2D eigenvalue weighted by atomic mass is 32.2. The van der Waals surface area contributed by atoms with E-state index in [1.165, 1.54) is 6.92 Å². The third-order valence-electron chi connectivity index (χ3n) is 1.66. The smallest absolute Gasteiger partial charge is 0.235 e. The van der Waals surface area contributed by atoms with E-state index in [4.69, 9.17) is 10.4 Å². The van der Waals surface area contributed by atoms with Gasteiger partial charge in [-0.25, -0.2) is 8.42 Å². The monoisotopic (exact) mass is 206 g/mol. The minimum Gasteiger partial charge on any atom is -0.284 e. The fraction of sp³-hybridized carbons (Fsp3) is 1.00. The maximum atomic E-state index is 11.2. The Bertz CT molecular complexity index is 321. The zero-order chi connectivity index (χ0) is 9.90. The van der Waals surface area contributed by atoms with Gasteiger partial charge in [-0.15, -0.1) is 0 Å². The Morgan fingerprint density at radius 1 is 1.77 bits per heavy atom. The van der Waals surface area contributed by atoms with E-state index in [1.807, 2.05) is 0 Å². The first-order valence-corrected chi connectivity index (χ1v) is 5.38. The molecule has 0 N–H and O–H groups in total. The zero-order valence-corrected chi connectivity index (χ0v) is 7.94. The molecular formula is C5H10N4O3S. The zero-order valence-electron chi connectivity index (χ0n) is 7.12. The van der Waals surface area contributed by atoms with Crippen LogP contribution in [-0.2, 0) is 14.9 Å². The van der Waals surface area contributed by atoms with Crippen LogP contribution < -0.4 is 0 Å². The van der Waals surface area contributed by atoms with Crippen molar-refractivity contribution in [3.05, 3.63) is 10.4 Å². The second kappa shape index (κ2) is 3.93. The molecule has 0 radical (unpaired) electrons. The fourth-order valence-electron chi connectivity index (χ4n) is 0.927. The van der Waals surface area contributed by atoms with E-state index in [-0.39, 0.29) is 18.9 Å². The molecular weight excluding hydrogens is 196 g/mol. The highest BCUT2D eigenvalue weighted by Gasteiger charge is 2.30. The summed E-state index contributed by atoms with van der Waals surface area (Å²) in [6, 6.07) is -0.411. The predicted octanol–water partition coefficient (Wildman–Crippen LogP) is 0.262. The van der Waals surface area contributed by atoms with Crippen LogP contribution in [0.4, 0.5) is 0 Å². The summed E-state index contributed by atoms with van der Waals surface area (Å²) in [5, 5.41) is 3.37. The number of hydrogen-bond donors (Lipinski definition) is 0. The summed E-state index contributed by atoms with van der Waals surface area (Å²) in [5.41, 5.74) is 8.11. The molecule has 0 aromatic rings. The summed E-state index contributed by atoms with van der Waals surface area (Å²) in [6.07, 6.45) is 0. The van der Waals surface area contributed by atoms with Crippen LogP contribution in [0.15, 0.2) is 5.11 Å². The van der Waals surface area contributed by atoms with Crippen molar-refractivity contribution in [1.82, 2.24) is 4.47 Å². The third-order valence-corrected chi connectivity index (χ3v) is 3.27. The van der Waals surface area contributed by atoms with Crippen LogP contribution in [0.25, 0.3) is 10.4 Å². The second-order valence-corrected chi connectivity index (χ2v) is 4.69. The second-order valence-electron chi connectivity index (χ2n) is 2.54. The third kappa shape index (κ3) is 2.31. The quantitative estimate of drug-likeness (QED) is 0.376. The van der Waals surface area contributed by atoms with Gasteiger partial charge < -0.3 is 0 Å². The Kier molecular flexibility index (Phi) is 3.10. The lowest BCUT2D eigenvalue weighted by Crippen LogP contribution is -2.29. The minimum atomic E-state index is -3.32. The number of nitrogens with zero attached hydrogens (tertiary/aromatic N) is 4. The molecule has 0 amide bonds. The fourth-order valence-corrected chi connectivity index (χ4v) is 1.84. The molecule has 1 aliphatic rings. The summed E-state index contributed by atoms with van der Waals surface area (Å²) in [7, 11) is -3.32. The molecule has 1 aliphatic heterocycles. The predicted molar refractivity (Wildman–Crippen MR) is 45.1 cm³/mol. The van der Waals surface area contributed by atoms with Gasteiger partial charge in [0.05, 0.1) is 24.9 Å². The van der Waals surface area contributed by atoms with Crippen molar-refractivity contribution >= 4 is 10.0 Å². The van der Waals surface area contributed by atoms with E-state index in [2.05, 4.69) is 10.0 Å². The summed E-state index contributed by atoms with van der Waals surface area (Å²) >= 11 is 0. The van der Waals surface area contributed by atoms with Gasteiger partial charge >= 0.3 is 0 Å². The Morgan fingerprint density at radius 3 is 3.00 bits per heavy atom. The van der Waals surface area contributed by atoms with Gasteiger partial charge in [-0.3, -0.25) is 4.84 Å². The average molecular weight is 206 g/mol. The summed E-state index contributed by atoms with van der Waals surface area (Å²) in [6.45, 7) is 1.77. The van der Waals surface area contributed by atoms with Crippen molar-refractivity contribution in [2.24, 2.45) is 5.11 Å². The van der Waals surface area contributed by atoms with Crippen LogP contribution >= 0.6 is 0 Å². The van der Waals surface area contributed by atoms with Gasteiger partial charge in [0.1, 0.15) is 0 Å². The van der Waals surface area contributed by atoms with Gasteiger partial charge in [0.15, 0.2) is 0 Å². The summed E-state index contributed by atoms with van der Waals surface area (Å²) < 4.78 is 23.3. The van der Waals surface area contributed by atoms with Crippen LogP contribution in [0.3, 0.4) is 0 Å². The van der Waals surface area contributed by atoms with Crippen LogP contribution in [-0.4, -0.2) is 37.8 Å². The van der Waals surface area contributed by atoms with E-state index >= 15 is 0 Å². The van der Waals surface area contributed by atoms with E-state index in [9.17, 15) is 8.42 Å². The number of azide groups is 1. The van der Waals surface area contributed by atoms with Crippen LogP contribution in [0.2, 0.25) is 0 Å². The number of hydrogen-bond acceptors (Lipinski definition) is 4. The molecule has 0 aromatic carbocycles. The molecule has 0 saturated carbocycles. The van der Waals surface area contributed by atoms with Crippen molar-refractivity contribution in [2.45, 2.75) is 13.0 Å². The highest BCUT2D eigenvalue weighted by Crippen LogP contribution is 2.13. The highest BCUT2D eigenvalue weighted by molar-refractivity contribution is 7.88. The molecule has 0 spiro atoms. The SMILES string of the molecule is CCS(=O)(=O)N1C[C@@H](N=[N+]=[N-])CO1. The van der Waals surface area contributed by atoms with Gasteiger partial charge in [-0.1, -0.05) is 9.58 Å². The molecule has 1 heterocycles. The topological polar surface area (TPSA) is 95.4 Å². The van der Waals surface area contributed by atoms with E-state index in [0.717, 1.165) is 4.47 Å². The Balaban J connectivity index is 2.65. The van der Waals surface area contributed by atoms with Crippen molar-refractivity contribution < 1.29 is 13.3 Å². The molecule has 7 nitrogen and oxygen atoms in total. The molecule has 0 aliphatic carbocycles. The number of rotatable bonds is 3. The maximum absolute atomic E-state index is 11.2. The normalized spacial score (nSPS) is 24.2. The van der Waals surface area contributed by atoms with Gasteiger partial charge in [0.25, 0.3) is 0 Å². The largest absolute Gasteiger partial charge is 0.284 e. The summed E-state index contributed by atoms with van der Waals surface area (Å²) in [5.74, 6) is -0.0179. The first-order chi connectivity index (χ1) is 6.10. The van der Waals surface area contributed by atoms with Gasteiger partial charge in [-0.2, -0.15) is 0 Å². The first-order valence-electron chi connectivity index (χ1n) is 3.77. The van der Waals surface area contributed by atoms with Crippen molar-refractivity contribution in [3.63, 3.8) is 0 Å². The Morgan fingerprint density at radius 2 is 2.46 bits per heavy atom. The van der Waals surface area contributed by atoms with E-state index in [1.54, 1.807) is 0 Å². The summed E-state index contributed by atoms with van der Waals surface area (Å²) in [4.78, 5) is 7.44. The number of hydroxylamine groups is 1. The lowest BCUT2D eigenvalue weighted by Gasteiger charge is -2.11. The number of sulfonamides is 1. The van der Waals surface area contributed by atoms with Crippen molar-refractivity contribution in [3.8, 4) is 0 Å². The minimum absolute atomic E-state index is 0.0179. The van der Waals surface area contributed by atoms with E-state index in [0.29, 0.717) is 0 Å². The molecule has 1 rings (SSSR count). The lowest BCUT2D eigenvalue weighted by molar-refractivity contribution is -0.0286. The van der Waals surface area contributed by atoms with Crippen LogP contribution in [0.1, 0.15) is 6.92 Å². The van der Waals surface area contributed by atoms with Crippen molar-refractivity contribution in [2.75, 3.05) is 18.9 Å². The van der Waals surface area contributed by atoms with Crippen LogP contribution in [0, 0.1) is 0 Å². The molecule has 1 saturated heterocycles. The lowest BCUT2D eigenvalue weighted by atomic mass is 10.4. The van der Waals surface area contributed by atoms with Crippen LogP contribution in [0.5, 0.6) is 0 Å². The molecule has 8 heteroatoms. The Hall–Kier alpha value is -0.820. The molecule has 1 atom stereocenters. The van der Waals surface area contributed by atoms with Gasteiger partial charge in [0.2, 0.25) is 10.0 Å². The molecule has 0 bridgehead atoms. The van der Waals surface area contributed by atoms with E-state index < -0.39 is 16.1 Å². The molecule has 0 unspecified atom stereocenters. The average Bonchev–Trinajstić information content (AvgIpc) is 2.54. The van der Waals surface area contributed by atoms with Gasteiger partial charge in [0, 0.05) is 4.91 Å². The molecule has 0 aromatic heterocycles. The molecule has 13 heavy (non-hydrogen) atoms. The first kappa shape index (κ1) is 10.3. The molecule has 74 valence electrons. The van der Waals surface area contributed by atoms with Gasteiger partial charge in [-0.05, 0) is 12.5 Å². The molecule has 1 fully saturated rings. The Labute approximate surface area is 75.9 Å². The van der Waals surface area contributed by atoms with Crippen molar-refractivity contribution in [1.29, 1.82) is 0 Å².